The summed E-state index contributed by atoms with van der Waals surface area (Å²) in [5.74, 6) is -0.0669. The number of aromatic amines is 1. The van der Waals surface area contributed by atoms with Crippen molar-refractivity contribution >= 4 is 5.91 Å². The number of H-pyrrole nitrogens is 1. The Morgan fingerprint density at radius 2 is 2.19 bits per heavy atom. The van der Waals surface area contributed by atoms with Crippen LogP contribution in [0, 0.1) is 0 Å². The van der Waals surface area contributed by atoms with Crippen LogP contribution >= 0.6 is 0 Å². The lowest BCUT2D eigenvalue weighted by molar-refractivity contribution is 0.0930. The molecule has 6 heteroatoms. The van der Waals surface area contributed by atoms with Gasteiger partial charge in [-0.3, -0.25) is 14.9 Å². The van der Waals surface area contributed by atoms with Gasteiger partial charge in [0.15, 0.2) is 0 Å². The number of nitrogens with one attached hydrogen (secondary N) is 2. The number of hydrogen-bond acceptors (Lipinski definition) is 4. The Hall–Kier alpha value is -2.24. The van der Waals surface area contributed by atoms with Crippen molar-refractivity contribution in [3.63, 3.8) is 0 Å². The molecule has 2 aromatic rings. The third kappa shape index (κ3) is 2.22. The van der Waals surface area contributed by atoms with E-state index in [1.54, 1.807) is 12.4 Å². The molecule has 6 nitrogen and oxygen atoms in total. The van der Waals surface area contributed by atoms with Crippen molar-refractivity contribution < 1.29 is 4.79 Å². The fourth-order valence-electron chi connectivity index (χ4n) is 1.32. The molecule has 0 bridgehead atoms. The summed E-state index contributed by atoms with van der Waals surface area (Å²) in [5, 5.41) is 8.92. The summed E-state index contributed by atoms with van der Waals surface area (Å²) in [7, 11) is 0. The number of amides is 1. The fraction of sp³-hybridized carbons (Fsp3) is 0.200. The second-order valence-electron chi connectivity index (χ2n) is 3.31. The van der Waals surface area contributed by atoms with E-state index in [2.05, 4.69) is 25.5 Å². The minimum absolute atomic E-state index is 0.0967. The van der Waals surface area contributed by atoms with Crippen molar-refractivity contribution in [2.45, 2.75) is 13.0 Å². The van der Waals surface area contributed by atoms with Crippen molar-refractivity contribution in [2.24, 2.45) is 0 Å². The highest BCUT2D eigenvalue weighted by Crippen LogP contribution is 2.10. The number of nitrogens with zero attached hydrogens (tertiary/aromatic N) is 3. The zero-order chi connectivity index (χ0) is 11.4. The van der Waals surface area contributed by atoms with E-state index < -0.39 is 0 Å². The lowest BCUT2D eigenvalue weighted by Gasteiger charge is -2.12. The molecule has 16 heavy (non-hydrogen) atoms. The Bertz CT molecular complexity index is 453. The van der Waals surface area contributed by atoms with Crippen LogP contribution in [-0.4, -0.2) is 26.1 Å². The van der Waals surface area contributed by atoms with Crippen molar-refractivity contribution in [1.29, 1.82) is 0 Å². The Balaban J connectivity index is 2.03. The molecule has 82 valence electrons. The lowest BCUT2D eigenvalue weighted by Crippen LogP contribution is -2.27. The molecule has 0 aliphatic carbocycles. The monoisotopic (exact) mass is 217 g/mol. The summed E-state index contributed by atoms with van der Waals surface area (Å²) in [6.07, 6.45) is 4.67. The first-order chi connectivity index (χ1) is 7.77. The molecule has 0 radical (unpaired) electrons. The molecule has 2 rings (SSSR count). The van der Waals surface area contributed by atoms with Crippen LogP contribution in [0.15, 0.2) is 30.9 Å². The Labute approximate surface area is 92.1 Å². The Morgan fingerprint density at radius 1 is 1.44 bits per heavy atom. The van der Waals surface area contributed by atoms with E-state index in [-0.39, 0.29) is 17.8 Å². The molecule has 0 aliphatic rings. The van der Waals surface area contributed by atoms with Crippen molar-refractivity contribution in [2.75, 3.05) is 0 Å². The van der Waals surface area contributed by atoms with E-state index >= 15 is 0 Å². The molecule has 0 aromatic carbocycles. The normalized spacial score (nSPS) is 12.1. The van der Waals surface area contributed by atoms with Crippen LogP contribution in [-0.2, 0) is 0 Å². The average molecular weight is 217 g/mol. The number of pyridine rings is 1. The fourth-order valence-corrected chi connectivity index (χ4v) is 1.32. The number of hydrogen-bond donors (Lipinski definition) is 2. The predicted molar refractivity (Wildman–Crippen MR) is 56.5 cm³/mol. The molecule has 0 aliphatic heterocycles. The van der Waals surface area contributed by atoms with Gasteiger partial charge in [0.1, 0.15) is 6.33 Å². The molecule has 0 fully saturated rings. The van der Waals surface area contributed by atoms with Crippen LogP contribution in [0.2, 0.25) is 0 Å². The van der Waals surface area contributed by atoms with Crippen molar-refractivity contribution in [1.82, 2.24) is 25.5 Å². The highest BCUT2D eigenvalue weighted by molar-refractivity contribution is 5.90. The van der Waals surface area contributed by atoms with Gasteiger partial charge in [-0.15, -0.1) is 0 Å². The quantitative estimate of drug-likeness (QED) is 0.792. The Kier molecular flexibility index (Phi) is 2.90. The molecule has 2 N–H and O–H groups in total. The second kappa shape index (κ2) is 4.52. The van der Waals surface area contributed by atoms with E-state index in [9.17, 15) is 4.79 Å². The topological polar surface area (TPSA) is 83.6 Å². The number of carbonyl (C=O) groups is 1. The third-order valence-electron chi connectivity index (χ3n) is 2.18. The van der Waals surface area contributed by atoms with Crippen molar-refractivity contribution in [3.8, 4) is 0 Å². The van der Waals surface area contributed by atoms with Gasteiger partial charge in [-0.2, -0.15) is 5.10 Å². The minimum atomic E-state index is -0.276. The summed E-state index contributed by atoms with van der Waals surface area (Å²) in [5.41, 5.74) is 0.989. The molecule has 2 heterocycles. The molecule has 0 saturated carbocycles. The first-order valence-corrected chi connectivity index (χ1v) is 4.83. The first kappa shape index (κ1) is 10.3. The van der Waals surface area contributed by atoms with Crippen LogP contribution in [0.5, 0.6) is 0 Å². The molecule has 1 amide bonds. The van der Waals surface area contributed by atoms with Crippen LogP contribution in [0.25, 0.3) is 0 Å². The highest BCUT2D eigenvalue weighted by Gasteiger charge is 2.12. The van der Waals surface area contributed by atoms with Gasteiger partial charge in [0.05, 0.1) is 6.04 Å². The lowest BCUT2D eigenvalue weighted by atomic mass is 10.1. The van der Waals surface area contributed by atoms with Gasteiger partial charge < -0.3 is 5.32 Å². The van der Waals surface area contributed by atoms with E-state index in [4.69, 9.17) is 0 Å². The standard InChI is InChI=1S/C10H11N5O/c1-7(8-2-4-11-5-3-8)14-10(16)9-12-6-13-15-9/h2-7H,1H3,(H,14,16)(H,12,13,15). The highest BCUT2D eigenvalue weighted by atomic mass is 16.2. The maximum Gasteiger partial charge on any atom is 0.289 e. The molecular weight excluding hydrogens is 206 g/mol. The third-order valence-corrected chi connectivity index (χ3v) is 2.18. The summed E-state index contributed by atoms with van der Waals surface area (Å²) >= 11 is 0. The van der Waals surface area contributed by atoms with Gasteiger partial charge in [-0.05, 0) is 24.6 Å². The summed E-state index contributed by atoms with van der Waals surface area (Å²) in [6.45, 7) is 1.89. The maximum absolute atomic E-state index is 11.6. The number of aromatic nitrogens is 4. The summed E-state index contributed by atoms with van der Waals surface area (Å²) in [4.78, 5) is 19.3. The smallest absolute Gasteiger partial charge is 0.289 e. The van der Waals surface area contributed by atoms with Crippen LogP contribution in [0.3, 0.4) is 0 Å². The number of rotatable bonds is 3. The molecule has 1 atom stereocenters. The second-order valence-corrected chi connectivity index (χ2v) is 3.31. The molecular formula is C10H11N5O. The number of carbonyl (C=O) groups excluding carboxylic acids is 1. The van der Waals surface area contributed by atoms with E-state index in [0.717, 1.165) is 5.56 Å². The minimum Gasteiger partial charge on any atom is -0.343 e. The van der Waals surface area contributed by atoms with Crippen LogP contribution < -0.4 is 5.32 Å². The zero-order valence-electron chi connectivity index (χ0n) is 8.71. The van der Waals surface area contributed by atoms with Gasteiger partial charge >= 0.3 is 0 Å². The van der Waals surface area contributed by atoms with E-state index in [1.165, 1.54) is 6.33 Å². The molecule has 2 aromatic heterocycles. The Morgan fingerprint density at radius 3 is 2.81 bits per heavy atom. The summed E-state index contributed by atoms with van der Waals surface area (Å²) in [6, 6.07) is 3.61. The molecule has 1 unspecified atom stereocenters. The van der Waals surface area contributed by atoms with Crippen LogP contribution in [0.1, 0.15) is 29.1 Å². The van der Waals surface area contributed by atoms with Gasteiger partial charge in [0, 0.05) is 12.4 Å². The van der Waals surface area contributed by atoms with Gasteiger partial charge in [-0.1, -0.05) is 0 Å². The molecule has 0 spiro atoms. The molecule has 0 saturated heterocycles. The SMILES string of the molecule is CC(NC(=O)c1ncn[nH]1)c1ccncc1. The van der Waals surface area contributed by atoms with Gasteiger partial charge in [0.25, 0.3) is 5.91 Å². The average Bonchev–Trinajstić information content (AvgIpc) is 2.83. The largest absolute Gasteiger partial charge is 0.343 e. The van der Waals surface area contributed by atoms with Gasteiger partial charge in [0.2, 0.25) is 5.82 Å². The predicted octanol–water partition coefficient (Wildman–Crippen LogP) is 0.691. The van der Waals surface area contributed by atoms with E-state index in [1.807, 2.05) is 19.1 Å². The zero-order valence-corrected chi connectivity index (χ0v) is 8.71. The van der Waals surface area contributed by atoms with E-state index in [0.29, 0.717) is 0 Å². The van der Waals surface area contributed by atoms with Crippen LogP contribution in [0.4, 0.5) is 0 Å². The van der Waals surface area contributed by atoms with Gasteiger partial charge in [-0.25, -0.2) is 4.98 Å². The summed E-state index contributed by atoms with van der Waals surface area (Å²) < 4.78 is 0. The maximum atomic E-state index is 11.6. The van der Waals surface area contributed by atoms with Crippen molar-refractivity contribution in [3.05, 3.63) is 42.2 Å². The first-order valence-electron chi connectivity index (χ1n) is 4.83.